The Kier molecular flexibility index (Phi) is 7.09. The third-order valence-corrected chi connectivity index (χ3v) is 11.1. The van der Waals surface area contributed by atoms with Gasteiger partial charge >= 0.3 is 0 Å². The molecule has 11 heteroatoms. The Labute approximate surface area is 238 Å². The first kappa shape index (κ1) is 26.8. The van der Waals surface area contributed by atoms with E-state index in [4.69, 9.17) is 4.98 Å². The fraction of sp³-hybridized carbons (Fsp3) is 0.483. The van der Waals surface area contributed by atoms with Crippen LogP contribution in [0.5, 0.6) is 0 Å². The summed E-state index contributed by atoms with van der Waals surface area (Å²) in [5, 5.41) is 13.4. The Morgan fingerprint density at radius 1 is 1.07 bits per heavy atom. The van der Waals surface area contributed by atoms with Crippen LogP contribution in [0.15, 0.2) is 36.7 Å². The van der Waals surface area contributed by atoms with Gasteiger partial charge in [0.1, 0.15) is 16.4 Å². The molecule has 0 spiro atoms. The summed E-state index contributed by atoms with van der Waals surface area (Å²) < 4.78 is 23.8. The minimum atomic E-state index is -2.95. The maximum absolute atomic E-state index is 13.5. The fourth-order valence-electron chi connectivity index (χ4n) is 5.70. The smallest absolute Gasteiger partial charge is 0.225 e. The minimum Gasteiger partial charge on any atom is -0.369 e. The molecule has 3 aliphatic rings. The molecule has 1 saturated heterocycles. The first-order chi connectivity index (χ1) is 19.3. The topological polar surface area (TPSA) is 129 Å². The molecule has 2 aromatic heterocycles. The molecule has 3 aromatic rings. The predicted molar refractivity (Wildman–Crippen MR) is 155 cm³/mol. The number of nitrogens with one attached hydrogen (secondary N) is 1. The number of thiazole rings is 1. The van der Waals surface area contributed by atoms with E-state index >= 15 is 0 Å². The van der Waals surface area contributed by atoms with Crippen molar-refractivity contribution in [1.82, 2.24) is 20.3 Å². The van der Waals surface area contributed by atoms with E-state index in [0.29, 0.717) is 31.8 Å². The summed E-state index contributed by atoms with van der Waals surface area (Å²) in [6.45, 7) is 2.84. The van der Waals surface area contributed by atoms with Crippen LogP contribution >= 0.6 is 11.3 Å². The molecule has 208 valence electrons. The number of nitrogens with zero attached hydrogens (tertiary/aromatic N) is 5. The van der Waals surface area contributed by atoms with Crippen molar-refractivity contribution in [3.8, 4) is 27.1 Å². The zero-order valence-electron chi connectivity index (χ0n) is 22.5. The first-order valence-electron chi connectivity index (χ1n) is 13.8. The second kappa shape index (κ2) is 10.6. The largest absolute Gasteiger partial charge is 0.369 e. The van der Waals surface area contributed by atoms with Gasteiger partial charge in [-0.1, -0.05) is 25.0 Å². The number of anilines is 1. The number of aryl methyl sites for hydroxylation is 1. The number of sulfone groups is 1. The highest BCUT2D eigenvalue weighted by atomic mass is 32.2. The molecule has 1 aromatic carbocycles. The Hall–Kier alpha value is -3.36. The summed E-state index contributed by atoms with van der Waals surface area (Å²) in [6.07, 6.45) is 8.63. The number of nitriles is 1. The Balaban J connectivity index is 1.35. The number of hydrogen-bond acceptors (Lipinski definition) is 9. The van der Waals surface area contributed by atoms with Gasteiger partial charge in [0.15, 0.2) is 9.84 Å². The van der Waals surface area contributed by atoms with Crippen LogP contribution in [0.25, 0.3) is 21.0 Å². The van der Waals surface area contributed by atoms with E-state index < -0.39 is 15.4 Å². The Morgan fingerprint density at radius 2 is 1.75 bits per heavy atom. The number of rotatable bonds is 6. The number of carbonyl (C=O) groups is 1. The summed E-state index contributed by atoms with van der Waals surface area (Å²) >= 11 is 1.58. The molecule has 2 atom stereocenters. The number of amides is 1. The molecular weight excluding hydrogens is 544 g/mol. The quantitative estimate of drug-likeness (QED) is 0.461. The van der Waals surface area contributed by atoms with E-state index in [2.05, 4.69) is 38.4 Å². The van der Waals surface area contributed by atoms with Crippen molar-refractivity contribution in [2.24, 2.45) is 5.92 Å². The lowest BCUT2D eigenvalue weighted by Gasteiger charge is -2.31. The van der Waals surface area contributed by atoms with Gasteiger partial charge in [-0.2, -0.15) is 5.26 Å². The van der Waals surface area contributed by atoms with Gasteiger partial charge in [0.05, 0.1) is 28.1 Å². The third kappa shape index (κ3) is 5.47. The summed E-state index contributed by atoms with van der Waals surface area (Å²) in [7, 11) is -2.95. The van der Waals surface area contributed by atoms with Crippen molar-refractivity contribution in [3.05, 3.63) is 48.2 Å². The van der Waals surface area contributed by atoms with E-state index in [0.717, 1.165) is 58.1 Å². The van der Waals surface area contributed by atoms with Crippen molar-refractivity contribution in [2.75, 3.05) is 29.5 Å². The Bertz CT molecular complexity index is 1540. The van der Waals surface area contributed by atoms with Crippen LogP contribution in [-0.4, -0.2) is 59.4 Å². The Morgan fingerprint density at radius 3 is 2.40 bits per heavy atom. The lowest BCUT2D eigenvalue weighted by atomic mass is 9.76. The highest BCUT2D eigenvalue weighted by Crippen LogP contribution is 2.46. The fourth-order valence-corrected chi connectivity index (χ4v) is 8.02. The van der Waals surface area contributed by atoms with E-state index in [9.17, 15) is 18.5 Å². The molecule has 1 N–H and O–H groups in total. The monoisotopic (exact) mass is 576 g/mol. The predicted octanol–water partition coefficient (Wildman–Crippen LogP) is 4.26. The van der Waals surface area contributed by atoms with Gasteiger partial charge in [-0.15, -0.1) is 11.3 Å². The number of benzene rings is 1. The standard InChI is InChI=1S/C29H32N6O3S2/c1-19-31-16-21(17-32-19)28-33-25(23-4-2-3-5-24(23)27(36)34-29(18-30)10-11-29)26(39-28)20-6-8-22(9-7-20)35-12-14-40(37,38)15-13-35/h6-9,16-17,23-24H,2-5,10-15H2,1H3,(H,34,36)/t23-,24-/m1/s1. The molecule has 2 saturated carbocycles. The van der Waals surface area contributed by atoms with Crippen molar-refractivity contribution in [2.45, 2.75) is 56.9 Å². The molecule has 9 nitrogen and oxygen atoms in total. The van der Waals surface area contributed by atoms with Gasteiger partial charge in [-0.3, -0.25) is 4.79 Å². The molecule has 0 radical (unpaired) electrons. The van der Waals surface area contributed by atoms with Gasteiger partial charge in [0.2, 0.25) is 5.91 Å². The van der Waals surface area contributed by atoms with Crippen LogP contribution in [-0.2, 0) is 14.6 Å². The molecular formula is C29H32N6O3S2. The molecule has 3 fully saturated rings. The van der Waals surface area contributed by atoms with Crippen LogP contribution in [0.1, 0.15) is 56.0 Å². The number of hydrogen-bond donors (Lipinski definition) is 1. The lowest BCUT2D eigenvalue weighted by molar-refractivity contribution is -0.127. The zero-order chi connectivity index (χ0) is 27.9. The minimum absolute atomic E-state index is 0.0432. The van der Waals surface area contributed by atoms with E-state index in [1.54, 1.807) is 23.7 Å². The highest BCUT2D eigenvalue weighted by molar-refractivity contribution is 7.91. The van der Waals surface area contributed by atoms with Crippen molar-refractivity contribution >= 4 is 32.8 Å². The van der Waals surface area contributed by atoms with Crippen LogP contribution in [0, 0.1) is 24.2 Å². The lowest BCUT2D eigenvalue weighted by Crippen LogP contribution is -2.42. The van der Waals surface area contributed by atoms with Gasteiger partial charge in [0.25, 0.3) is 0 Å². The van der Waals surface area contributed by atoms with Crippen LogP contribution in [0.4, 0.5) is 5.69 Å². The van der Waals surface area contributed by atoms with Gasteiger partial charge in [0, 0.05) is 48.6 Å². The average molecular weight is 577 g/mol. The maximum atomic E-state index is 13.5. The van der Waals surface area contributed by atoms with Crippen LogP contribution < -0.4 is 10.2 Å². The molecule has 40 heavy (non-hydrogen) atoms. The van der Waals surface area contributed by atoms with Crippen molar-refractivity contribution in [1.29, 1.82) is 5.26 Å². The average Bonchev–Trinajstić information content (AvgIpc) is 3.60. The number of carbonyl (C=O) groups excluding carboxylic acids is 1. The van der Waals surface area contributed by atoms with E-state index in [1.165, 1.54) is 0 Å². The zero-order valence-corrected chi connectivity index (χ0v) is 24.1. The summed E-state index contributed by atoms with van der Waals surface area (Å²) in [4.78, 5) is 30.5. The molecule has 6 rings (SSSR count). The summed E-state index contributed by atoms with van der Waals surface area (Å²) in [5.74, 6) is 0.705. The van der Waals surface area contributed by atoms with Crippen molar-refractivity contribution in [3.63, 3.8) is 0 Å². The molecule has 1 aliphatic heterocycles. The van der Waals surface area contributed by atoms with Crippen LogP contribution in [0.2, 0.25) is 0 Å². The molecule has 0 unspecified atom stereocenters. The normalized spacial score (nSPS) is 23.2. The first-order valence-corrected chi connectivity index (χ1v) is 16.5. The van der Waals surface area contributed by atoms with E-state index in [1.807, 2.05) is 19.1 Å². The SMILES string of the molecule is Cc1ncc(-c2nc([C@@H]3CCCC[C@H]3C(=O)NC3(C#N)CC3)c(-c3ccc(N4CCS(=O)(=O)CC4)cc3)s2)cn1. The number of aromatic nitrogens is 3. The van der Waals surface area contributed by atoms with Gasteiger partial charge < -0.3 is 10.2 Å². The molecule has 3 heterocycles. The second-order valence-corrected chi connectivity index (χ2v) is 14.4. The second-order valence-electron chi connectivity index (χ2n) is 11.1. The highest BCUT2D eigenvalue weighted by Gasteiger charge is 2.47. The van der Waals surface area contributed by atoms with Crippen molar-refractivity contribution < 1.29 is 13.2 Å². The van der Waals surface area contributed by atoms with E-state index in [-0.39, 0.29) is 29.2 Å². The molecule has 2 aliphatic carbocycles. The van der Waals surface area contributed by atoms with Gasteiger partial charge in [-0.05, 0) is 50.3 Å². The maximum Gasteiger partial charge on any atom is 0.225 e. The third-order valence-electron chi connectivity index (χ3n) is 8.30. The molecule has 0 bridgehead atoms. The molecule has 1 amide bonds. The summed E-state index contributed by atoms with van der Waals surface area (Å²) in [5.41, 5.74) is 3.07. The summed E-state index contributed by atoms with van der Waals surface area (Å²) in [6, 6.07) is 10.5. The van der Waals surface area contributed by atoms with Crippen LogP contribution in [0.3, 0.4) is 0 Å². The van der Waals surface area contributed by atoms with Gasteiger partial charge in [-0.25, -0.2) is 23.4 Å².